The minimum Gasteiger partial charge on any atom is -0.478 e. The molecule has 0 aliphatic heterocycles. The second-order valence-corrected chi connectivity index (χ2v) is 6.15. The number of aromatic amines is 1. The molecule has 0 saturated carbocycles. The standard InChI is InChI=1S/C16H9ClFNO3S/c17-10-7-8(18)5-6-12(10)23-14-13(16(21)22)9-3-1-2-4-11(9)19-15(14)20/h1-7H,(H,19,20)(H,21,22). The van der Waals surface area contributed by atoms with E-state index in [0.29, 0.717) is 15.8 Å². The minimum atomic E-state index is -1.21. The van der Waals surface area contributed by atoms with Crippen molar-refractivity contribution in [2.45, 2.75) is 9.79 Å². The molecule has 0 aliphatic carbocycles. The molecule has 0 atom stereocenters. The first-order valence-corrected chi connectivity index (χ1v) is 7.68. The van der Waals surface area contributed by atoms with Gasteiger partial charge in [0.1, 0.15) is 5.82 Å². The number of nitrogens with one attached hydrogen (secondary N) is 1. The van der Waals surface area contributed by atoms with Gasteiger partial charge in [0.05, 0.1) is 15.5 Å². The van der Waals surface area contributed by atoms with E-state index < -0.39 is 17.3 Å². The number of carboxylic acids is 1. The SMILES string of the molecule is O=C(O)c1c(Sc2ccc(F)cc2Cl)c(=O)[nH]c2ccccc12. The maximum atomic E-state index is 13.1. The first-order valence-electron chi connectivity index (χ1n) is 6.48. The van der Waals surface area contributed by atoms with Crippen molar-refractivity contribution in [3.8, 4) is 0 Å². The van der Waals surface area contributed by atoms with E-state index >= 15 is 0 Å². The molecule has 0 spiro atoms. The van der Waals surface area contributed by atoms with Gasteiger partial charge < -0.3 is 10.1 Å². The third-order valence-corrected chi connectivity index (χ3v) is 4.79. The topological polar surface area (TPSA) is 70.2 Å². The highest BCUT2D eigenvalue weighted by Gasteiger charge is 2.20. The number of benzene rings is 2. The molecule has 1 aromatic heterocycles. The van der Waals surface area contributed by atoms with Gasteiger partial charge in [-0.3, -0.25) is 4.79 Å². The number of H-pyrrole nitrogens is 1. The summed E-state index contributed by atoms with van der Waals surface area (Å²) >= 11 is 6.86. The maximum Gasteiger partial charge on any atom is 0.337 e. The maximum absolute atomic E-state index is 13.1. The number of fused-ring (bicyclic) bond motifs is 1. The molecule has 23 heavy (non-hydrogen) atoms. The van der Waals surface area contributed by atoms with Crippen molar-refractivity contribution in [3.63, 3.8) is 0 Å². The smallest absolute Gasteiger partial charge is 0.337 e. The highest BCUT2D eigenvalue weighted by Crippen LogP contribution is 2.35. The van der Waals surface area contributed by atoms with Gasteiger partial charge in [-0.2, -0.15) is 0 Å². The van der Waals surface area contributed by atoms with E-state index in [9.17, 15) is 19.1 Å². The van der Waals surface area contributed by atoms with E-state index in [2.05, 4.69) is 4.98 Å². The summed E-state index contributed by atoms with van der Waals surface area (Å²) in [7, 11) is 0. The first-order chi connectivity index (χ1) is 11.0. The van der Waals surface area contributed by atoms with E-state index in [1.54, 1.807) is 24.3 Å². The lowest BCUT2D eigenvalue weighted by Gasteiger charge is -2.09. The highest BCUT2D eigenvalue weighted by molar-refractivity contribution is 7.99. The van der Waals surface area contributed by atoms with Crippen molar-refractivity contribution in [1.82, 2.24) is 4.98 Å². The Balaban J connectivity index is 2.24. The summed E-state index contributed by atoms with van der Waals surface area (Å²) in [5.74, 6) is -1.72. The molecule has 0 fully saturated rings. The molecule has 0 amide bonds. The Kier molecular flexibility index (Phi) is 4.11. The van der Waals surface area contributed by atoms with Crippen molar-refractivity contribution < 1.29 is 14.3 Å². The van der Waals surface area contributed by atoms with Crippen molar-refractivity contribution in [2.75, 3.05) is 0 Å². The predicted molar refractivity (Wildman–Crippen MR) is 87.1 cm³/mol. The quantitative estimate of drug-likeness (QED) is 0.744. The number of hydrogen-bond acceptors (Lipinski definition) is 3. The van der Waals surface area contributed by atoms with E-state index in [1.807, 2.05) is 0 Å². The Labute approximate surface area is 138 Å². The fourth-order valence-corrected chi connectivity index (χ4v) is 3.44. The van der Waals surface area contributed by atoms with E-state index in [1.165, 1.54) is 12.1 Å². The van der Waals surface area contributed by atoms with Gasteiger partial charge in [-0.25, -0.2) is 9.18 Å². The molecule has 1 heterocycles. The van der Waals surface area contributed by atoms with Crippen LogP contribution in [0, 0.1) is 5.82 Å². The monoisotopic (exact) mass is 349 g/mol. The second-order valence-electron chi connectivity index (χ2n) is 4.69. The highest BCUT2D eigenvalue weighted by atomic mass is 35.5. The Morgan fingerprint density at radius 1 is 1.22 bits per heavy atom. The second kappa shape index (κ2) is 6.06. The number of carboxylic acid groups (broad SMARTS) is 1. The molecular weight excluding hydrogens is 341 g/mol. The van der Waals surface area contributed by atoms with Crippen LogP contribution in [0.15, 0.2) is 57.1 Å². The number of halogens is 2. The van der Waals surface area contributed by atoms with Gasteiger partial charge in [0.2, 0.25) is 0 Å². The normalized spacial score (nSPS) is 10.9. The van der Waals surface area contributed by atoms with Gasteiger partial charge in [-0.15, -0.1) is 0 Å². The molecule has 2 N–H and O–H groups in total. The average Bonchev–Trinajstić information content (AvgIpc) is 2.50. The number of carbonyl (C=O) groups is 1. The third-order valence-electron chi connectivity index (χ3n) is 3.20. The van der Waals surface area contributed by atoms with Crippen LogP contribution in [0.5, 0.6) is 0 Å². The summed E-state index contributed by atoms with van der Waals surface area (Å²) < 4.78 is 13.1. The summed E-state index contributed by atoms with van der Waals surface area (Å²) in [4.78, 5) is 27.0. The lowest BCUT2D eigenvalue weighted by Crippen LogP contribution is -2.15. The summed E-state index contributed by atoms with van der Waals surface area (Å²) in [6, 6.07) is 10.3. The Hall–Kier alpha value is -2.31. The predicted octanol–water partition coefficient (Wildman–Crippen LogP) is 4.17. The molecule has 3 aromatic rings. The minimum absolute atomic E-state index is 0.00436. The van der Waals surface area contributed by atoms with Crippen LogP contribution in [0.1, 0.15) is 10.4 Å². The lowest BCUT2D eigenvalue weighted by molar-refractivity contribution is 0.0695. The van der Waals surface area contributed by atoms with Gasteiger partial charge in [-0.1, -0.05) is 41.6 Å². The first kappa shape index (κ1) is 15.6. The number of rotatable bonds is 3. The molecule has 0 bridgehead atoms. The van der Waals surface area contributed by atoms with Crippen molar-refractivity contribution >= 4 is 40.2 Å². The van der Waals surface area contributed by atoms with Crippen LogP contribution in [0.25, 0.3) is 10.9 Å². The van der Waals surface area contributed by atoms with Crippen LogP contribution in [0.3, 0.4) is 0 Å². The molecule has 2 aromatic carbocycles. The molecule has 3 rings (SSSR count). The Morgan fingerprint density at radius 2 is 1.96 bits per heavy atom. The fraction of sp³-hybridized carbons (Fsp3) is 0. The van der Waals surface area contributed by atoms with Crippen molar-refractivity contribution in [3.05, 3.63) is 69.2 Å². The van der Waals surface area contributed by atoms with Gasteiger partial charge >= 0.3 is 5.97 Å². The summed E-state index contributed by atoms with van der Waals surface area (Å²) in [6.45, 7) is 0. The van der Waals surface area contributed by atoms with Crippen molar-refractivity contribution in [1.29, 1.82) is 0 Å². The van der Waals surface area contributed by atoms with Crippen LogP contribution >= 0.6 is 23.4 Å². The molecular formula is C16H9ClFNO3S. The number of pyridine rings is 1. The molecule has 0 saturated heterocycles. The Morgan fingerprint density at radius 3 is 2.65 bits per heavy atom. The summed E-state index contributed by atoms with van der Waals surface area (Å²) in [5, 5.41) is 10.0. The number of aromatic carboxylic acids is 1. The summed E-state index contributed by atoms with van der Waals surface area (Å²) in [5.41, 5.74) is -0.203. The number of hydrogen-bond donors (Lipinski definition) is 2. The lowest BCUT2D eigenvalue weighted by atomic mass is 10.1. The average molecular weight is 350 g/mol. The third kappa shape index (κ3) is 2.95. The van der Waals surface area contributed by atoms with Crippen LogP contribution in [0.2, 0.25) is 5.02 Å². The zero-order valence-electron chi connectivity index (χ0n) is 11.5. The molecule has 116 valence electrons. The van der Waals surface area contributed by atoms with Gasteiger partial charge in [-0.05, 0) is 24.3 Å². The molecule has 0 aliphatic rings. The Bertz CT molecular complexity index is 987. The number of aromatic nitrogens is 1. The fourth-order valence-electron chi connectivity index (χ4n) is 2.20. The molecule has 4 nitrogen and oxygen atoms in total. The zero-order chi connectivity index (χ0) is 16.6. The van der Waals surface area contributed by atoms with E-state index in [0.717, 1.165) is 17.8 Å². The van der Waals surface area contributed by atoms with Crippen LogP contribution in [-0.4, -0.2) is 16.1 Å². The summed E-state index contributed by atoms with van der Waals surface area (Å²) in [6.07, 6.45) is 0. The molecule has 7 heteroatoms. The van der Waals surface area contributed by atoms with Gasteiger partial charge in [0.25, 0.3) is 5.56 Å². The van der Waals surface area contributed by atoms with Crippen molar-refractivity contribution in [2.24, 2.45) is 0 Å². The zero-order valence-corrected chi connectivity index (χ0v) is 13.0. The van der Waals surface area contributed by atoms with Crippen LogP contribution in [-0.2, 0) is 0 Å². The molecule has 0 unspecified atom stereocenters. The van der Waals surface area contributed by atoms with Gasteiger partial charge in [0, 0.05) is 15.8 Å². The largest absolute Gasteiger partial charge is 0.478 e. The van der Waals surface area contributed by atoms with E-state index in [4.69, 9.17) is 11.6 Å². The van der Waals surface area contributed by atoms with E-state index in [-0.39, 0.29) is 15.5 Å². The van der Waals surface area contributed by atoms with Crippen LogP contribution < -0.4 is 5.56 Å². The number of para-hydroxylation sites is 1. The molecule has 0 radical (unpaired) electrons. The van der Waals surface area contributed by atoms with Gasteiger partial charge in [0.15, 0.2) is 0 Å². The van der Waals surface area contributed by atoms with Crippen LogP contribution in [0.4, 0.5) is 4.39 Å².